The summed E-state index contributed by atoms with van der Waals surface area (Å²) in [5.41, 5.74) is 5.26. The van der Waals surface area contributed by atoms with Gasteiger partial charge in [-0.2, -0.15) is 0 Å². The van der Waals surface area contributed by atoms with Crippen molar-refractivity contribution in [3.8, 4) is 11.5 Å². The van der Waals surface area contributed by atoms with Crippen molar-refractivity contribution in [3.05, 3.63) is 83.7 Å². The Bertz CT molecular complexity index is 1340. The zero-order valence-electron chi connectivity index (χ0n) is 20.5. The molecule has 1 aromatic heterocycles. The van der Waals surface area contributed by atoms with E-state index in [4.69, 9.17) is 14.5 Å². The van der Waals surface area contributed by atoms with Gasteiger partial charge in [-0.1, -0.05) is 29.8 Å². The van der Waals surface area contributed by atoms with Gasteiger partial charge in [0.2, 0.25) is 5.91 Å². The second kappa shape index (κ2) is 9.82. The van der Waals surface area contributed by atoms with E-state index in [1.807, 2.05) is 60.4 Å². The van der Waals surface area contributed by atoms with Gasteiger partial charge in [0.05, 0.1) is 24.2 Å². The van der Waals surface area contributed by atoms with Crippen LogP contribution < -0.4 is 14.4 Å². The molecule has 1 amide bonds. The molecule has 1 aliphatic heterocycles. The van der Waals surface area contributed by atoms with E-state index >= 15 is 0 Å². The second-order valence-electron chi connectivity index (χ2n) is 9.06. The van der Waals surface area contributed by atoms with Crippen molar-refractivity contribution in [3.63, 3.8) is 0 Å². The summed E-state index contributed by atoms with van der Waals surface area (Å²) < 4.78 is 13.9. The minimum absolute atomic E-state index is 0.0163. The predicted octanol–water partition coefficient (Wildman–Crippen LogP) is 5.65. The summed E-state index contributed by atoms with van der Waals surface area (Å²) in [4.78, 5) is 19.8. The first kappa shape index (κ1) is 23.0. The highest BCUT2D eigenvalue weighted by Gasteiger charge is 2.34. The van der Waals surface area contributed by atoms with E-state index < -0.39 is 0 Å². The lowest BCUT2D eigenvalue weighted by atomic mass is 10.1. The monoisotopic (exact) mass is 469 g/mol. The molecule has 6 heteroatoms. The molecular weight excluding hydrogens is 438 g/mol. The van der Waals surface area contributed by atoms with Gasteiger partial charge in [0, 0.05) is 24.6 Å². The average Bonchev–Trinajstić information content (AvgIpc) is 3.42. The molecular formula is C29H31N3O3. The SMILES string of the molecule is CCOc1ccc(N2C[C@@H](c3nc4ccccc4n3CCOc3ccc(C)cc3C)CC2=O)cc1. The summed E-state index contributed by atoms with van der Waals surface area (Å²) >= 11 is 0. The lowest BCUT2D eigenvalue weighted by molar-refractivity contribution is -0.117. The largest absolute Gasteiger partial charge is 0.494 e. The first-order valence-corrected chi connectivity index (χ1v) is 12.2. The summed E-state index contributed by atoms with van der Waals surface area (Å²) in [5.74, 6) is 2.79. The standard InChI is InChI=1S/C29H31N3O3/c1-4-34-24-12-10-23(11-13-24)32-19-22(18-28(32)33)29-30-25-7-5-6-8-26(25)31(29)15-16-35-27-14-9-20(2)17-21(27)3/h5-14,17,22H,4,15-16,18-19H2,1-3H3/t22-/m0/s1. The Morgan fingerprint density at radius 2 is 1.80 bits per heavy atom. The highest BCUT2D eigenvalue weighted by Crippen LogP contribution is 2.34. The van der Waals surface area contributed by atoms with Gasteiger partial charge < -0.3 is 18.9 Å². The van der Waals surface area contributed by atoms with Crippen LogP contribution in [-0.2, 0) is 11.3 Å². The number of nitrogens with zero attached hydrogens (tertiary/aromatic N) is 3. The maximum Gasteiger partial charge on any atom is 0.227 e. The zero-order valence-corrected chi connectivity index (χ0v) is 20.5. The number of aromatic nitrogens is 2. The smallest absolute Gasteiger partial charge is 0.227 e. The highest BCUT2D eigenvalue weighted by molar-refractivity contribution is 5.96. The molecule has 1 atom stereocenters. The van der Waals surface area contributed by atoms with Crippen LogP contribution in [0.3, 0.4) is 0 Å². The highest BCUT2D eigenvalue weighted by atomic mass is 16.5. The summed E-state index contributed by atoms with van der Waals surface area (Å²) in [6.45, 7) is 8.53. The van der Waals surface area contributed by atoms with Crippen molar-refractivity contribution in [2.24, 2.45) is 0 Å². The van der Waals surface area contributed by atoms with E-state index in [-0.39, 0.29) is 11.8 Å². The normalized spacial score (nSPS) is 15.7. The Morgan fingerprint density at radius 1 is 1.00 bits per heavy atom. The van der Waals surface area contributed by atoms with Crippen LogP contribution in [0.5, 0.6) is 11.5 Å². The average molecular weight is 470 g/mol. The van der Waals surface area contributed by atoms with Crippen molar-refractivity contribution >= 4 is 22.6 Å². The number of carbonyl (C=O) groups is 1. The molecule has 35 heavy (non-hydrogen) atoms. The van der Waals surface area contributed by atoms with E-state index in [9.17, 15) is 4.79 Å². The lowest BCUT2D eigenvalue weighted by Crippen LogP contribution is -2.24. The Morgan fingerprint density at radius 3 is 2.57 bits per heavy atom. The summed E-state index contributed by atoms with van der Waals surface area (Å²) in [7, 11) is 0. The minimum Gasteiger partial charge on any atom is -0.494 e. The second-order valence-corrected chi connectivity index (χ2v) is 9.06. The third kappa shape index (κ3) is 4.74. The number of ether oxygens (including phenoxy) is 2. The maximum atomic E-state index is 13.0. The van der Waals surface area contributed by atoms with Gasteiger partial charge in [0.25, 0.3) is 0 Å². The van der Waals surface area contributed by atoms with Gasteiger partial charge in [0.1, 0.15) is 23.9 Å². The van der Waals surface area contributed by atoms with Crippen LogP contribution in [0.1, 0.15) is 36.2 Å². The van der Waals surface area contributed by atoms with E-state index in [1.54, 1.807) is 0 Å². The van der Waals surface area contributed by atoms with Crippen molar-refractivity contribution in [1.82, 2.24) is 9.55 Å². The molecule has 0 radical (unpaired) electrons. The Kier molecular flexibility index (Phi) is 6.45. The third-order valence-electron chi connectivity index (χ3n) is 6.54. The molecule has 0 bridgehead atoms. The predicted molar refractivity (Wildman–Crippen MR) is 138 cm³/mol. The quantitative estimate of drug-likeness (QED) is 0.335. The lowest BCUT2D eigenvalue weighted by Gasteiger charge is -2.18. The van der Waals surface area contributed by atoms with Gasteiger partial charge >= 0.3 is 0 Å². The van der Waals surface area contributed by atoms with Gasteiger partial charge in [-0.25, -0.2) is 4.98 Å². The van der Waals surface area contributed by atoms with Crippen molar-refractivity contribution in [2.75, 3.05) is 24.7 Å². The number of amides is 1. The van der Waals surface area contributed by atoms with Crippen LogP contribution >= 0.6 is 0 Å². The number of hydrogen-bond donors (Lipinski definition) is 0. The summed E-state index contributed by atoms with van der Waals surface area (Å²) in [5, 5.41) is 0. The molecule has 180 valence electrons. The van der Waals surface area contributed by atoms with Gasteiger partial charge in [-0.15, -0.1) is 0 Å². The molecule has 5 rings (SSSR count). The number of rotatable bonds is 8. The number of imidazole rings is 1. The molecule has 1 fully saturated rings. The fraction of sp³-hybridized carbons (Fsp3) is 0.310. The van der Waals surface area contributed by atoms with Crippen molar-refractivity contribution < 1.29 is 14.3 Å². The topological polar surface area (TPSA) is 56.6 Å². The number of hydrogen-bond acceptors (Lipinski definition) is 4. The van der Waals surface area contributed by atoms with Gasteiger partial charge in [-0.05, 0) is 68.8 Å². The first-order valence-electron chi connectivity index (χ1n) is 12.2. The molecule has 4 aromatic rings. The van der Waals surface area contributed by atoms with Crippen molar-refractivity contribution in [1.29, 1.82) is 0 Å². The molecule has 0 unspecified atom stereocenters. The molecule has 1 aliphatic rings. The molecule has 0 aliphatic carbocycles. The Labute approximate surface area is 206 Å². The van der Waals surface area contributed by atoms with E-state index in [0.29, 0.717) is 32.7 Å². The number of aryl methyl sites for hydroxylation is 2. The van der Waals surface area contributed by atoms with Crippen LogP contribution in [-0.4, -0.2) is 35.2 Å². The number of anilines is 1. The molecule has 3 aromatic carbocycles. The molecule has 6 nitrogen and oxygen atoms in total. The van der Waals surface area contributed by atoms with E-state index in [0.717, 1.165) is 39.6 Å². The van der Waals surface area contributed by atoms with Crippen molar-refractivity contribution in [2.45, 2.75) is 39.7 Å². The molecule has 1 saturated heterocycles. The van der Waals surface area contributed by atoms with Crippen LogP contribution in [0.15, 0.2) is 66.7 Å². The first-order chi connectivity index (χ1) is 17.0. The van der Waals surface area contributed by atoms with Crippen LogP contribution in [0, 0.1) is 13.8 Å². The van der Waals surface area contributed by atoms with Gasteiger partial charge in [0.15, 0.2) is 0 Å². The van der Waals surface area contributed by atoms with Gasteiger partial charge in [-0.3, -0.25) is 4.79 Å². The molecule has 2 heterocycles. The number of benzene rings is 3. The van der Waals surface area contributed by atoms with E-state index in [1.165, 1.54) is 5.56 Å². The minimum atomic E-state index is 0.0163. The number of carbonyl (C=O) groups excluding carboxylic acids is 1. The maximum absolute atomic E-state index is 13.0. The molecule has 0 N–H and O–H groups in total. The summed E-state index contributed by atoms with van der Waals surface area (Å²) in [6, 6.07) is 22.1. The van der Waals surface area contributed by atoms with Crippen LogP contribution in [0.4, 0.5) is 5.69 Å². The Hall–Kier alpha value is -3.80. The van der Waals surface area contributed by atoms with Crippen LogP contribution in [0.25, 0.3) is 11.0 Å². The van der Waals surface area contributed by atoms with Crippen LogP contribution in [0.2, 0.25) is 0 Å². The molecule has 0 spiro atoms. The fourth-order valence-electron chi connectivity index (χ4n) is 4.87. The summed E-state index contributed by atoms with van der Waals surface area (Å²) in [6.07, 6.45) is 0.439. The Balaban J connectivity index is 1.37. The van der Waals surface area contributed by atoms with E-state index in [2.05, 4.69) is 36.6 Å². The number of para-hydroxylation sites is 2. The molecule has 0 saturated carbocycles. The zero-order chi connectivity index (χ0) is 24.4. The number of fused-ring (bicyclic) bond motifs is 1. The third-order valence-corrected chi connectivity index (χ3v) is 6.54. The fourth-order valence-corrected chi connectivity index (χ4v) is 4.87.